The van der Waals surface area contributed by atoms with E-state index in [4.69, 9.17) is 0 Å². The Balaban J connectivity index is 1.57. The predicted octanol–water partition coefficient (Wildman–Crippen LogP) is 4.49. The number of aromatic nitrogens is 2. The molecular weight excluding hydrogens is 383 g/mol. The summed E-state index contributed by atoms with van der Waals surface area (Å²) in [7, 11) is 0. The van der Waals surface area contributed by atoms with Crippen molar-refractivity contribution in [2.75, 3.05) is 6.61 Å². The average Bonchev–Trinajstić information content (AvgIpc) is 3.08. The van der Waals surface area contributed by atoms with Gasteiger partial charge < -0.3 is 15.0 Å². The monoisotopic (exact) mass is 405 g/mol. The first-order chi connectivity index (χ1) is 13.7. The Morgan fingerprint density at radius 2 is 2.07 bits per heavy atom. The Kier molecular flexibility index (Phi) is 6.10. The molecule has 0 bridgehead atoms. The number of H-pyrrole nitrogens is 1. The summed E-state index contributed by atoms with van der Waals surface area (Å²) in [6.07, 6.45) is -0.0579. The van der Waals surface area contributed by atoms with Crippen molar-refractivity contribution in [1.29, 1.82) is 0 Å². The molecule has 0 radical (unpaired) electrons. The van der Waals surface area contributed by atoms with Crippen LogP contribution in [0.4, 0.5) is 13.2 Å². The molecule has 2 heterocycles. The molecule has 1 atom stereocenters. The topological polar surface area (TPSA) is 67.0 Å². The second-order valence-electron chi connectivity index (χ2n) is 6.84. The van der Waals surface area contributed by atoms with E-state index in [0.717, 1.165) is 22.9 Å². The third-order valence-corrected chi connectivity index (χ3v) is 4.56. The number of ether oxygens (including phenoxy) is 1. The van der Waals surface area contributed by atoms with Gasteiger partial charge in [-0.25, -0.2) is 0 Å². The average molecular weight is 405 g/mol. The van der Waals surface area contributed by atoms with Crippen LogP contribution in [0.15, 0.2) is 42.7 Å². The van der Waals surface area contributed by atoms with E-state index in [9.17, 15) is 18.0 Å². The van der Waals surface area contributed by atoms with Crippen molar-refractivity contribution in [3.8, 4) is 5.75 Å². The van der Waals surface area contributed by atoms with Gasteiger partial charge in [0.05, 0.1) is 24.4 Å². The van der Waals surface area contributed by atoms with Crippen molar-refractivity contribution in [3.63, 3.8) is 0 Å². The lowest BCUT2D eigenvalue weighted by atomic mass is 10.1. The van der Waals surface area contributed by atoms with Crippen molar-refractivity contribution in [2.45, 2.75) is 38.9 Å². The third kappa shape index (κ3) is 5.49. The highest BCUT2D eigenvalue weighted by molar-refractivity contribution is 5.86. The fraction of sp³-hybridized carbons (Fsp3) is 0.333. The normalized spacial score (nSPS) is 12.7. The van der Waals surface area contributed by atoms with E-state index in [2.05, 4.69) is 26.9 Å². The van der Waals surface area contributed by atoms with Crippen LogP contribution >= 0.6 is 0 Å². The van der Waals surface area contributed by atoms with Gasteiger partial charge in [-0.1, -0.05) is 19.1 Å². The lowest BCUT2D eigenvalue weighted by Gasteiger charge is -2.14. The minimum absolute atomic E-state index is 0.0234. The van der Waals surface area contributed by atoms with Crippen LogP contribution in [0.3, 0.4) is 0 Å². The summed E-state index contributed by atoms with van der Waals surface area (Å²) in [6.45, 7) is 2.48. The summed E-state index contributed by atoms with van der Waals surface area (Å²) in [4.78, 5) is 19.7. The molecule has 29 heavy (non-hydrogen) atoms. The molecule has 0 fully saturated rings. The molecule has 0 spiro atoms. The van der Waals surface area contributed by atoms with Crippen LogP contribution in [0.2, 0.25) is 0 Å². The summed E-state index contributed by atoms with van der Waals surface area (Å²) in [5, 5.41) is 4.01. The molecule has 1 amide bonds. The van der Waals surface area contributed by atoms with Gasteiger partial charge in [-0.3, -0.25) is 9.78 Å². The zero-order chi connectivity index (χ0) is 21.0. The number of pyridine rings is 1. The molecule has 0 aliphatic rings. The highest BCUT2D eigenvalue weighted by Crippen LogP contribution is 2.21. The molecule has 3 rings (SSSR count). The predicted molar refractivity (Wildman–Crippen MR) is 104 cm³/mol. The second-order valence-corrected chi connectivity index (χ2v) is 6.84. The van der Waals surface area contributed by atoms with E-state index in [1.54, 1.807) is 6.92 Å². The maximum Gasteiger partial charge on any atom is 0.422 e. The van der Waals surface area contributed by atoms with Crippen molar-refractivity contribution < 1.29 is 22.7 Å². The van der Waals surface area contributed by atoms with Crippen LogP contribution < -0.4 is 10.1 Å². The number of carbonyl (C=O) groups excluding carboxylic acids is 1. The minimum atomic E-state index is -4.40. The third-order valence-electron chi connectivity index (χ3n) is 4.56. The SMILES string of the molecule is CCc1c[nH]c2cc(CC(=O)N[C@H](C)c3ccc(OCC(F)(F)F)cn3)ccc12. The second kappa shape index (κ2) is 8.55. The number of benzene rings is 1. The number of nitrogens with zero attached hydrogens (tertiary/aromatic N) is 1. The molecule has 8 heteroatoms. The van der Waals surface area contributed by atoms with Gasteiger partial charge >= 0.3 is 6.18 Å². The van der Waals surface area contributed by atoms with Gasteiger partial charge in [0.1, 0.15) is 5.75 Å². The molecular formula is C21H22F3N3O2. The molecule has 1 aromatic carbocycles. The van der Waals surface area contributed by atoms with Crippen molar-refractivity contribution in [2.24, 2.45) is 0 Å². The number of alkyl halides is 3. The van der Waals surface area contributed by atoms with Gasteiger partial charge in [0, 0.05) is 17.1 Å². The summed E-state index contributed by atoms with van der Waals surface area (Å²) in [6, 6.07) is 8.46. The molecule has 0 aliphatic carbocycles. The van der Waals surface area contributed by atoms with E-state index in [1.807, 2.05) is 24.4 Å². The van der Waals surface area contributed by atoms with Crippen LogP contribution in [0.5, 0.6) is 5.75 Å². The van der Waals surface area contributed by atoms with Gasteiger partial charge in [-0.2, -0.15) is 13.2 Å². The van der Waals surface area contributed by atoms with Gasteiger partial charge in [-0.15, -0.1) is 0 Å². The zero-order valence-electron chi connectivity index (χ0n) is 16.1. The number of aryl methyl sites for hydroxylation is 1. The van der Waals surface area contributed by atoms with Gasteiger partial charge in [-0.05, 0) is 42.7 Å². The van der Waals surface area contributed by atoms with Crippen molar-refractivity contribution in [3.05, 3.63) is 59.5 Å². The minimum Gasteiger partial charge on any atom is -0.483 e. The number of aromatic amines is 1. The molecule has 0 aliphatic heterocycles. The molecule has 2 aromatic heterocycles. The molecule has 154 valence electrons. The number of nitrogens with one attached hydrogen (secondary N) is 2. The number of fused-ring (bicyclic) bond motifs is 1. The quantitative estimate of drug-likeness (QED) is 0.609. The lowest BCUT2D eigenvalue weighted by Crippen LogP contribution is -2.28. The van der Waals surface area contributed by atoms with E-state index < -0.39 is 12.8 Å². The maximum atomic E-state index is 12.4. The van der Waals surface area contributed by atoms with Gasteiger partial charge in [0.25, 0.3) is 0 Å². The molecule has 0 saturated carbocycles. The van der Waals surface area contributed by atoms with E-state index in [1.165, 1.54) is 23.9 Å². The number of amides is 1. The van der Waals surface area contributed by atoms with Gasteiger partial charge in [0.15, 0.2) is 6.61 Å². The first kappa shape index (κ1) is 20.7. The fourth-order valence-corrected chi connectivity index (χ4v) is 3.09. The van der Waals surface area contributed by atoms with Crippen molar-refractivity contribution in [1.82, 2.24) is 15.3 Å². The van der Waals surface area contributed by atoms with Crippen LogP contribution in [0.25, 0.3) is 10.9 Å². The Morgan fingerprint density at radius 3 is 2.72 bits per heavy atom. The molecule has 0 unspecified atom stereocenters. The largest absolute Gasteiger partial charge is 0.483 e. The smallest absolute Gasteiger partial charge is 0.422 e. The Bertz CT molecular complexity index is 981. The Labute approximate surface area is 166 Å². The summed E-state index contributed by atoms with van der Waals surface area (Å²) < 4.78 is 41.2. The first-order valence-electron chi connectivity index (χ1n) is 9.29. The van der Waals surface area contributed by atoms with E-state index in [0.29, 0.717) is 5.69 Å². The van der Waals surface area contributed by atoms with Crippen molar-refractivity contribution >= 4 is 16.8 Å². The lowest BCUT2D eigenvalue weighted by molar-refractivity contribution is -0.153. The Hall–Kier alpha value is -3.03. The zero-order valence-corrected chi connectivity index (χ0v) is 16.1. The first-order valence-corrected chi connectivity index (χ1v) is 9.29. The van der Waals surface area contributed by atoms with Crippen LogP contribution in [0, 0.1) is 0 Å². The highest BCUT2D eigenvalue weighted by atomic mass is 19.4. The highest BCUT2D eigenvalue weighted by Gasteiger charge is 2.28. The maximum absolute atomic E-state index is 12.4. The number of hydrogen-bond acceptors (Lipinski definition) is 3. The fourth-order valence-electron chi connectivity index (χ4n) is 3.09. The van der Waals surface area contributed by atoms with E-state index in [-0.39, 0.29) is 24.1 Å². The number of carbonyl (C=O) groups is 1. The summed E-state index contributed by atoms with van der Waals surface area (Å²) >= 11 is 0. The summed E-state index contributed by atoms with van der Waals surface area (Å²) in [5.74, 6) is -0.145. The van der Waals surface area contributed by atoms with Crippen LogP contribution in [-0.4, -0.2) is 28.7 Å². The van der Waals surface area contributed by atoms with Crippen LogP contribution in [-0.2, 0) is 17.6 Å². The molecule has 2 N–H and O–H groups in total. The summed E-state index contributed by atoms with van der Waals surface area (Å²) in [5.41, 5.74) is 3.65. The van der Waals surface area contributed by atoms with Crippen LogP contribution in [0.1, 0.15) is 36.7 Å². The molecule has 3 aromatic rings. The Morgan fingerprint density at radius 1 is 1.28 bits per heavy atom. The van der Waals surface area contributed by atoms with E-state index >= 15 is 0 Å². The standard InChI is InChI=1S/C21H22F3N3O2/c1-3-15-10-25-19-8-14(4-6-17(15)19)9-20(28)27-13(2)18-7-5-16(11-26-18)29-12-21(22,23)24/h4-8,10-11,13,25H,3,9,12H2,1-2H3,(H,27,28)/t13-/m1/s1. The molecule has 5 nitrogen and oxygen atoms in total. The number of hydrogen-bond donors (Lipinski definition) is 2. The number of halogens is 3. The van der Waals surface area contributed by atoms with Gasteiger partial charge in [0.2, 0.25) is 5.91 Å². The number of rotatable bonds is 7. The molecule has 0 saturated heterocycles.